The predicted molar refractivity (Wildman–Crippen MR) is 57.0 cm³/mol. The second-order valence-electron chi connectivity index (χ2n) is 5.01. The Hall–Kier alpha value is 0.0200. The van der Waals surface area contributed by atoms with Gasteiger partial charge in [-0.3, -0.25) is 4.79 Å². The number of Topliss-reactive ketones (excluding diaryl/α,β-unsaturated/α-hetero) is 1. The van der Waals surface area contributed by atoms with Crippen molar-refractivity contribution < 1.29 is 4.79 Å². The van der Waals surface area contributed by atoms with E-state index in [4.69, 9.17) is 0 Å². The molecule has 0 spiro atoms. The maximum atomic E-state index is 11.6. The number of ketones is 1. The normalized spacial score (nSPS) is 34.5. The SMILES string of the molecule is CC(=O)C1(C2CCSC2(C)C)CC1. The molecule has 2 aliphatic rings. The van der Waals surface area contributed by atoms with Crippen LogP contribution in [-0.4, -0.2) is 16.3 Å². The van der Waals surface area contributed by atoms with Crippen molar-refractivity contribution in [1.29, 1.82) is 0 Å². The zero-order valence-corrected chi connectivity index (χ0v) is 9.54. The summed E-state index contributed by atoms with van der Waals surface area (Å²) in [6, 6.07) is 0. The van der Waals surface area contributed by atoms with Crippen molar-refractivity contribution >= 4 is 17.5 Å². The maximum Gasteiger partial charge on any atom is 0.136 e. The second-order valence-corrected chi connectivity index (χ2v) is 6.75. The summed E-state index contributed by atoms with van der Waals surface area (Å²) < 4.78 is 0.335. The van der Waals surface area contributed by atoms with Gasteiger partial charge < -0.3 is 0 Å². The molecule has 1 saturated heterocycles. The highest BCUT2D eigenvalue weighted by Gasteiger charge is 2.59. The Morgan fingerprint density at radius 1 is 1.38 bits per heavy atom. The van der Waals surface area contributed by atoms with Crippen LogP contribution in [0.5, 0.6) is 0 Å². The lowest BCUT2D eigenvalue weighted by Gasteiger charge is -2.32. The number of carbonyl (C=O) groups excluding carboxylic acids is 1. The van der Waals surface area contributed by atoms with E-state index in [1.807, 2.05) is 11.8 Å². The average Bonchev–Trinajstić information content (AvgIpc) is 2.72. The average molecular weight is 198 g/mol. The first-order valence-electron chi connectivity index (χ1n) is 5.14. The molecule has 0 aromatic heterocycles. The molecule has 13 heavy (non-hydrogen) atoms. The van der Waals surface area contributed by atoms with Gasteiger partial charge in [-0.2, -0.15) is 11.8 Å². The van der Waals surface area contributed by atoms with Gasteiger partial charge in [0.1, 0.15) is 5.78 Å². The summed E-state index contributed by atoms with van der Waals surface area (Å²) in [6.45, 7) is 6.39. The molecule has 74 valence electrons. The van der Waals surface area contributed by atoms with Crippen molar-refractivity contribution in [3.05, 3.63) is 0 Å². The molecule has 2 rings (SSSR count). The lowest BCUT2D eigenvalue weighted by molar-refractivity contribution is -0.124. The third kappa shape index (κ3) is 1.34. The second kappa shape index (κ2) is 2.75. The van der Waals surface area contributed by atoms with E-state index in [1.54, 1.807) is 6.92 Å². The minimum atomic E-state index is 0.104. The summed E-state index contributed by atoms with van der Waals surface area (Å²) >= 11 is 2.04. The van der Waals surface area contributed by atoms with Crippen LogP contribution in [0.2, 0.25) is 0 Å². The van der Waals surface area contributed by atoms with E-state index in [-0.39, 0.29) is 5.41 Å². The fourth-order valence-electron chi connectivity index (χ4n) is 2.91. The fraction of sp³-hybridized carbons (Fsp3) is 0.909. The monoisotopic (exact) mass is 198 g/mol. The van der Waals surface area contributed by atoms with Crippen LogP contribution in [0, 0.1) is 11.3 Å². The zero-order valence-electron chi connectivity index (χ0n) is 8.72. The van der Waals surface area contributed by atoms with E-state index in [2.05, 4.69) is 13.8 Å². The number of hydrogen-bond donors (Lipinski definition) is 0. The molecule has 0 amide bonds. The van der Waals surface area contributed by atoms with Gasteiger partial charge in [-0.05, 0) is 37.9 Å². The quantitative estimate of drug-likeness (QED) is 0.678. The molecule has 2 fully saturated rings. The molecule has 1 heterocycles. The first-order valence-corrected chi connectivity index (χ1v) is 6.13. The number of thioether (sulfide) groups is 1. The van der Waals surface area contributed by atoms with E-state index in [1.165, 1.54) is 12.2 Å². The molecule has 1 aliphatic carbocycles. The summed E-state index contributed by atoms with van der Waals surface area (Å²) in [6.07, 6.45) is 3.55. The van der Waals surface area contributed by atoms with Crippen molar-refractivity contribution in [2.75, 3.05) is 5.75 Å². The summed E-state index contributed by atoms with van der Waals surface area (Å²) in [5.74, 6) is 2.32. The van der Waals surface area contributed by atoms with Crippen LogP contribution in [0.25, 0.3) is 0 Å². The summed E-state index contributed by atoms with van der Waals surface area (Å²) in [4.78, 5) is 11.6. The van der Waals surface area contributed by atoms with Crippen molar-refractivity contribution in [2.24, 2.45) is 11.3 Å². The van der Waals surface area contributed by atoms with Gasteiger partial charge in [0, 0.05) is 10.2 Å². The zero-order chi connectivity index (χ0) is 9.69. The highest BCUT2D eigenvalue weighted by molar-refractivity contribution is 8.00. The lowest BCUT2D eigenvalue weighted by atomic mass is 9.76. The fourth-order valence-corrected chi connectivity index (χ4v) is 4.33. The number of hydrogen-bond acceptors (Lipinski definition) is 2. The van der Waals surface area contributed by atoms with Gasteiger partial charge in [-0.1, -0.05) is 13.8 Å². The Kier molecular flexibility index (Phi) is 2.03. The first-order chi connectivity index (χ1) is 5.99. The molecule has 0 aromatic carbocycles. The van der Waals surface area contributed by atoms with Gasteiger partial charge in [0.2, 0.25) is 0 Å². The molecular formula is C11H18OS. The van der Waals surface area contributed by atoms with Gasteiger partial charge >= 0.3 is 0 Å². The Morgan fingerprint density at radius 2 is 2.00 bits per heavy atom. The maximum absolute atomic E-state index is 11.6. The molecular weight excluding hydrogens is 180 g/mol. The molecule has 1 unspecified atom stereocenters. The van der Waals surface area contributed by atoms with Crippen LogP contribution >= 0.6 is 11.8 Å². The highest BCUT2D eigenvalue weighted by Crippen LogP contribution is 2.62. The van der Waals surface area contributed by atoms with Gasteiger partial charge in [0.05, 0.1) is 0 Å². The van der Waals surface area contributed by atoms with Crippen LogP contribution in [0.4, 0.5) is 0 Å². The van der Waals surface area contributed by atoms with Gasteiger partial charge in [-0.25, -0.2) is 0 Å². The summed E-state index contributed by atoms with van der Waals surface area (Å²) in [5.41, 5.74) is 0.104. The molecule has 1 saturated carbocycles. The number of carbonyl (C=O) groups is 1. The van der Waals surface area contributed by atoms with Gasteiger partial charge in [-0.15, -0.1) is 0 Å². The smallest absolute Gasteiger partial charge is 0.136 e. The van der Waals surface area contributed by atoms with Crippen LogP contribution < -0.4 is 0 Å². The standard InChI is InChI=1S/C11H18OS/c1-8(12)11(5-6-11)9-4-7-13-10(9,2)3/h9H,4-7H2,1-3H3. The lowest BCUT2D eigenvalue weighted by Crippen LogP contribution is -2.34. The molecule has 0 aromatic rings. The van der Waals surface area contributed by atoms with Crippen molar-refractivity contribution in [3.8, 4) is 0 Å². The topological polar surface area (TPSA) is 17.1 Å². The first kappa shape index (κ1) is 9.57. The van der Waals surface area contributed by atoms with E-state index < -0.39 is 0 Å². The number of rotatable bonds is 2. The Morgan fingerprint density at radius 3 is 2.31 bits per heavy atom. The Bertz CT molecular complexity index is 240. The van der Waals surface area contributed by atoms with E-state index in [9.17, 15) is 4.79 Å². The van der Waals surface area contributed by atoms with Crippen LogP contribution in [-0.2, 0) is 4.79 Å². The minimum Gasteiger partial charge on any atom is -0.299 e. The molecule has 0 bridgehead atoms. The van der Waals surface area contributed by atoms with E-state index in [0.29, 0.717) is 16.4 Å². The van der Waals surface area contributed by atoms with Crippen molar-refractivity contribution in [1.82, 2.24) is 0 Å². The predicted octanol–water partition coefficient (Wildman–Crippen LogP) is 2.89. The van der Waals surface area contributed by atoms with Crippen LogP contribution in [0.1, 0.15) is 40.0 Å². The molecule has 1 atom stereocenters. The molecule has 2 heteroatoms. The molecule has 1 aliphatic heterocycles. The summed E-state index contributed by atoms with van der Waals surface area (Å²) in [5, 5.41) is 0. The van der Waals surface area contributed by atoms with Crippen molar-refractivity contribution in [2.45, 2.75) is 44.8 Å². The molecule has 0 radical (unpaired) electrons. The van der Waals surface area contributed by atoms with Gasteiger partial charge in [0.15, 0.2) is 0 Å². The van der Waals surface area contributed by atoms with E-state index >= 15 is 0 Å². The van der Waals surface area contributed by atoms with Gasteiger partial charge in [0.25, 0.3) is 0 Å². The van der Waals surface area contributed by atoms with Crippen LogP contribution in [0.15, 0.2) is 0 Å². The Balaban J connectivity index is 2.21. The highest BCUT2D eigenvalue weighted by atomic mass is 32.2. The largest absolute Gasteiger partial charge is 0.299 e. The molecule has 0 N–H and O–H groups in total. The third-order valence-electron chi connectivity index (χ3n) is 3.88. The van der Waals surface area contributed by atoms with Crippen molar-refractivity contribution in [3.63, 3.8) is 0 Å². The van der Waals surface area contributed by atoms with E-state index in [0.717, 1.165) is 12.8 Å². The Labute approximate surface area is 84.7 Å². The summed E-state index contributed by atoms with van der Waals surface area (Å²) in [7, 11) is 0. The van der Waals surface area contributed by atoms with Crippen LogP contribution in [0.3, 0.4) is 0 Å². The third-order valence-corrected chi connectivity index (χ3v) is 5.34. The minimum absolute atomic E-state index is 0.104. The molecule has 1 nitrogen and oxygen atoms in total.